The Morgan fingerprint density at radius 2 is 0.966 bits per heavy atom. The second-order valence-electron chi connectivity index (χ2n) is 6.60. The van der Waals surface area contributed by atoms with Crippen LogP contribution in [0.2, 0.25) is 0 Å². The van der Waals surface area contributed by atoms with E-state index >= 15 is 0 Å². The van der Waals surface area contributed by atoms with Crippen LogP contribution in [0.1, 0.15) is 39.0 Å². The molecule has 0 aromatic carbocycles. The van der Waals surface area contributed by atoms with Gasteiger partial charge in [-0.05, 0) is 6.42 Å². The number of alkyl halides is 12. The molecule has 0 aliphatic rings. The van der Waals surface area contributed by atoms with E-state index in [1.807, 2.05) is 0 Å². The highest BCUT2D eigenvalue weighted by Crippen LogP contribution is 2.61. The third kappa shape index (κ3) is 4.88. The zero-order chi connectivity index (χ0) is 23.5. The molecule has 0 fully saturated rings. The molecule has 0 aliphatic heterocycles. The lowest BCUT2D eigenvalue weighted by atomic mass is 9.87. The van der Waals surface area contributed by atoms with Gasteiger partial charge in [-0.2, -0.15) is 52.7 Å². The van der Waals surface area contributed by atoms with Crippen molar-refractivity contribution in [1.29, 1.82) is 0 Å². The first-order chi connectivity index (χ1) is 12.8. The van der Waals surface area contributed by atoms with Crippen molar-refractivity contribution in [1.82, 2.24) is 0 Å². The summed E-state index contributed by atoms with van der Waals surface area (Å²) in [6.45, 7) is -1.53. The van der Waals surface area contributed by atoms with E-state index < -0.39 is 73.9 Å². The van der Waals surface area contributed by atoms with Crippen molar-refractivity contribution in [3.8, 4) is 0 Å². The lowest BCUT2D eigenvalue weighted by Gasteiger charge is -2.41. The molecule has 0 radical (unpaired) electrons. The van der Waals surface area contributed by atoms with Gasteiger partial charge in [0.15, 0.2) is 0 Å². The van der Waals surface area contributed by atoms with E-state index in [9.17, 15) is 52.7 Å². The Kier molecular flexibility index (Phi) is 8.78. The molecule has 0 saturated carbocycles. The Morgan fingerprint density at radius 3 is 1.31 bits per heavy atom. The molecule has 0 atom stereocenters. The summed E-state index contributed by atoms with van der Waals surface area (Å²) in [5.41, 5.74) is 0. The third-order valence-corrected chi connectivity index (χ3v) is 4.26. The molecule has 29 heavy (non-hydrogen) atoms. The van der Waals surface area contributed by atoms with Crippen LogP contribution < -0.4 is 0 Å². The number of rotatable bonds is 13. The lowest BCUT2D eigenvalue weighted by Crippen LogP contribution is -2.70. The molecule has 0 saturated heterocycles. The zero-order valence-corrected chi connectivity index (χ0v) is 15.0. The minimum atomic E-state index is -7.61. The topological polar surface area (TPSA) is 40.5 Å². The summed E-state index contributed by atoms with van der Waals surface area (Å²) in [6, 6.07) is 0. The predicted molar refractivity (Wildman–Crippen MR) is 76.1 cm³/mol. The fraction of sp³-hybridized carbons (Fsp3) is 1.00. The highest BCUT2D eigenvalue weighted by molar-refractivity contribution is 5.11. The maximum Gasteiger partial charge on any atom is 0.384 e. The second kappa shape index (κ2) is 9.06. The van der Waals surface area contributed by atoms with Crippen molar-refractivity contribution in [3.63, 3.8) is 0 Å². The average molecular weight is 460 g/mol. The van der Waals surface area contributed by atoms with Gasteiger partial charge < -0.3 is 10.2 Å². The van der Waals surface area contributed by atoms with Gasteiger partial charge in [-0.3, -0.25) is 0 Å². The lowest BCUT2D eigenvalue weighted by molar-refractivity contribution is -0.426. The van der Waals surface area contributed by atoms with Crippen LogP contribution in [0, 0.1) is 5.92 Å². The zero-order valence-electron chi connectivity index (χ0n) is 15.0. The molecule has 0 unspecified atom stereocenters. The van der Waals surface area contributed by atoms with Gasteiger partial charge in [-0.15, -0.1) is 0 Å². The van der Waals surface area contributed by atoms with Gasteiger partial charge in [-0.25, -0.2) is 0 Å². The molecule has 0 aromatic heterocycles. The van der Waals surface area contributed by atoms with Crippen molar-refractivity contribution in [2.24, 2.45) is 5.92 Å². The highest BCUT2D eigenvalue weighted by atomic mass is 19.4. The molecule has 0 bridgehead atoms. The highest BCUT2D eigenvalue weighted by Gasteiger charge is 2.89. The maximum absolute atomic E-state index is 13.6. The molecule has 0 spiro atoms. The molecule has 2 nitrogen and oxygen atoms in total. The van der Waals surface area contributed by atoms with E-state index in [1.54, 1.807) is 0 Å². The molecule has 2 N–H and O–H groups in total. The Bertz CT molecular complexity index is 517. The van der Waals surface area contributed by atoms with Gasteiger partial charge in [-0.1, -0.05) is 19.8 Å². The predicted octanol–water partition coefficient (Wildman–Crippen LogP) is 5.37. The molecular formula is C15H20F12O2. The van der Waals surface area contributed by atoms with Crippen LogP contribution in [0.25, 0.3) is 0 Å². The standard InChI is InChI=1S/C15H20F12O2/c1-2-3-4-5-10(16,17)12(20,21)14(24,25)15(26,27)13(22,23)11(18,19)6-9(7-28)8-29/h9,28-29H,2-8H2,1H3. The van der Waals surface area contributed by atoms with E-state index in [-0.39, 0.29) is 12.8 Å². The SMILES string of the molecule is CCCCCC(F)(F)C(F)(F)C(F)(F)C(F)(F)C(F)(F)C(F)(F)CC(CO)CO. The summed E-state index contributed by atoms with van der Waals surface area (Å²) in [5, 5.41) is 17.1. The number of halogens is 12. The number of aliphatic hydroxyl groups excluding tert-OH is 2. The van der Waals surface area contributed by atoms with Gasteiger partial charge in [0.2, 0.25) is 0 Å². The van der Waals surface area contributed by atoms with E-state index in [2.05, 4.69) is 0 Å². The van der Waals surface area contributed by atoms with Crippen LogP contribution in [0.5, 0.6) is 0 Å². The number of hydrogen-bond donors (Lipinski definition) is 2. The number of hydrogen-bond acceptors (Lipinski definition) is 2. The Labute approximate surface area is 157 Å². The van der Waals surface area contributed by atoms with Crippen LogP contribution in [-0.2, 0) is 0 Å². The van der Waals surface area contributed by atoms with E-state index in [0.717, 1.165) is 0 Å². The summed E-state index contributed by atoms with van der Waals surface area (Å²) in [7, 11) is 0. The average Bonchev–Trinajstić information content (AvgIpc) is 2.58. The van der Waals surface area contributed by atoms with Crippen molar-refractivity contribution in [2.45, 2.75) is 74.6 Å². The summed E-state index contributed by atoms with van der Waals surface area (Å²) in [6.07, 6.45) is -5.49. The largest absolute Gasteiger partial charge is 0.396 e. The second-order valence-corrected chi connectivity index (χ2v) is 6.60. The van der Waals surface area contributed by atoms with Gasteiger partial charge in [0, 0.05) is 32.0 Å². The maximum atomic E-state index is 13.6. The Morgan fingerprint density at radius 1 is 0.586 bits per heavy atom. The van der Waals surface area contributed by atoms with E-state index in [1.165, 1.54) is 6.92 Å². The van der Waals surface area contributed by atoms with Gasteiger partial charge >= 0.3 is 35.5 Å². The molecular weight excluding hydrogens is 440 g/mol. The first kappa shape index (κ1) is 28.1. The fourth-order valence-electron chi connectivity index (χ4n) is 2.29. The quantitative estimate of drug-likeness (QED) is 0.287. The van der Waals surface area contributed by atoms with Crippen molar-refractivity contribution >= 4 is 0 Å². The van der Waals surface area contributed by atoms with Gasteiger partial charge in [0.1, 0.15) is 0 Å². The molecule has 0 aliphatic carbocycles. The smallest absolute Gasteiger partial charge is 0.384 e. The molecule has 14 heteroatoms. The molecule has 0 heterocycles. The summed E-state index contributed by atoms with van der Waals surface area (Å²) in [5.74, 6) is -43.8. The minimum Gasteiger partial charge on any atom is -0.396 e. The van der Waals surface area contributed by atoms with E-state index in [4.69, 9.17) is 10.2 Å². The van der Waals surface area contributed by atoms with Crippen LogP contribution >= 0.6 is 0 Å². The minimum absolute atomic E-state index is 0.134. The third-order valence-electron chi connectivity index (χ3n) is 4.26. The fourth-order valence-corrected chi connectivity index (χ4v) is 2.29. The molecule has 0 rings (SSSR count). The monoisotopic (exact) mass is 460 g/mol. The molecule has 0 aromatic rings. The van der Waals surface area contributed by atoms with Crippen LogP contribution in [0.15, 0.2) is 0 Å². The van der Waals surface area contributed by atoms with Crippen LogP contribution in [-0.4, -0.2) is 59.0 Å². The number of aliphatic hydroxyl groups is 2. The van der Waals surface area contributed by atoms with Gasteiger partial charge in [0.05, 0.1) is 0 Å². The Hall–Kier alpha value is -0.920. The number of unbranched alkanes of at least 4 members (excludes halogenated alkanes) is 2. The first-order valence-electron chi connectivity index (χ1n) is 8.29. The first-order valence-corrected chi connectivity index (χ1v) is 8.29. The van der Waals surface area contributed by atoms with Crippen molar-refractivity contribution in [3.05, 3.63) is 0 Å². The Balaban J connectivity index is 6.09. The summed E-state index contributed by atoms with van der Waals surface area (Å²) < 4.78 is 163. The van der Waals surface area contributed by atoms with E-state index in [0.29, 0.717) is 0 Å². The van der Waals surface area contributed by atoms with Crippen molar-refractivity contribution in [2.75, 3.05) is 13.2 Å². The molecule has 0 amide bonds. The normalized spacial score (nSPS) is 15.3. The van der Waals surface area contributed by atoms with Crippen LogP contribution in [0.3, 0.4) is 0 Å². The summed E-state index contributed by atoms with van der Waals surface area (Å²) in [4.78, 5) is 0. The summed E-state index contributed by atoms with van der Waals surface area (Å²) >= 11 is 0. The van der Waals surface area contributed by atoms with Crippen LogP contribution in [0.4, 0.5) is 52.7 Å². The van der Waals surface area contributed by atoms with Crippen molar-refractivity contribution < 1.29 is 62.9 Å². The van der Waals surface area contributed by atoms with Gasteiger partial charge in [0.25, 0.3) is 0 Å². The molecule has 176 valence electrons.